The molecule has 0 radical (unpaired) electrons. The molecule has 1 saturated heterocycles. The molecular formula is C29H47N5O6. The smallest absolute Gasteiger partial charge is 0.315 e. The molecule has 0 aromatic rings. The van der Waals surface area contributed by atoms with Crippen LogP contribution < -0.4 is 21.7 Å². The molecule has 3 unspecified atom stereocenters. The Labute approximate surface area is 237 Å². The number of carbonyl (C=O) groups excluding carboxylic acids is 5. The zero-order valence-electron chi connectivity index (χ0n) is 24.8. The summed E-state index contributed by atoms with van der Waals surface area (Å²) >= 11 is 0. The Morgan fingerprint density at radius 3 is 2.23 bits per heavy atom. The molecular weight excluding hydrogens is 514 g/mol. The van der Waals surface area contributed by atoms with Crippen molar-refractivity contribution in [2.24, 2.45) is 34.3 Å². The Bertz CT molecular complexity index is 1020. The summed E-state index contributed by atoms with van der Waals surface area (Å²) in [6.07, 6.45) is 4.65. The third kappa shape index (κ3) is 7.75. The number of likely N-dealkylation sites (tertiary alicyclic amines) is 1. The number of esters is 1. The van der Waals surface area contributed by atoms with Crippen LogP contribution >= 0.6 is 0 Å². The fourth-order valence-corrected chi connectivity index (χ4v) is 5.33. The lowest BCUT2D eigenvalue weighted by Gasteiger charge is -2.37. The number of nitrogens with zero attached hydrogens (tertiary/aromatic N) is 1. The molecule has 224 valence electrons. The van der Waals surface area contributed by atoms with E-state index in [0.717, 1.165) is 25.7 Å². The molecule has 0 aromatic carbocycles. The summed E-state index contributed by atoms with van der Waals surface area (Å²) in [5, 5.41) is 8.38. The van der Waals surface area contributed by atoms with Crippen molar-refractivity contribution < 1.29 is 28.7 Å². The predicted octanol–water partition coefficient (Wildman–Crippen LogP) is 1.85. The molecule has 2 saturated carbocycles. The lowest BCUT2D eigenvalue weighted by atomic mass is 9.79. The molecule has 1 heterocycles. The van der Waals surface area contributed by atoms with Crippen molar-refractivity contribution in [3.63, 3.8) is 0 Å². The van der Waals surface area contributed by atoms with Crippen LogP contribution in [0.25, 0.3) is 0 Å². The van der Waals surface area contributed by atoms with E-state index in [1.165, 1.54) is 0 Å². The van der Waals surface area contributed by atoms with Crippen molar-refractivity contribution in [2.75, 3.05) is 19.7 Å². The maximum absolute atomic E-state index is 13.8. The average molecular weight is 562 g/mol. The minimum Gasteiger partial charge on any atom is -0.463 e. The topological polar surface area (TPSA) is 160 Å². The van der Waals surface area contributed by atoms with Crippen molar-refractivity contribution >= 4 is 29.7 Å². The number of hydrogen-bond donors (Lipinski definition) is 4. The van der Waals surface area contributed by atoms with E-state index in [1.54, 1.807) is 25.7 Å². The van der Waals surface area contributed by atoms with Gasteiger partial charge in [-0.1, -0.05) is 46.6 Å². The number of primary amides is 1. The van der Waals surface area contributed by atoms with Gasteiger partial charge < -0.3 is 31.3 Å². The summed E-state index contributed by atoms with van der Waals surface area (Å²) in [5.41, 5.74) is 4.38. The van der Waals surface area contributed by atoms with Crippen LogP contribution in [-0.4, -0.2) is 72.4 Å². The van der Waals surface area contributed by atoms with Crippen molar-refractivity contribution in [3.8, 4) is 0 Å². The highest BCUT2D eigenvalue weighted by Crippen LogP contribution is 2.50. The van der Waals surface area contributed by atoms with Gasteiger partial charge in [0.2, 0.25) is 17.7 Å². The van der Waals surface area contributed by atoms with Crippen LogP contribution in [-0.2, 0) is 23.9 Å². The van der Waals surface area contributed by atoms with Gasteiger partial charge in [-0.15, -0.1) is 0 Å². The zero-order valence-corrected chi connectivity index (χ0v) is 24.8. The van der Waals surface area contributed by atoms with E-state index >= 15 is 0 Å². The van der Waals surface area contributed by atoms with E-state index in [0.29, 0.717) is 18.9 Å². The zero-order chi connectivity index (χ0) is 30.0. The number of amides is 5. The normalized spacial score (nSPS) is 23.6. The Hall–Kier alpha value is -3.11. The molecule has 3 rings (SSSR count). The summed E-state index contributed by atoms with van der Waals surface area (Å²) in [7, 11) is 0. The van der Waals surface area contributed by atoms with Crippen molar-refractivity contribution in [2.45, 2.75) is 91.8 Å². The highest BCUT2D eigenvalue weighted by Gasteiger charge is 2.58. The van der Waals surface area contributed by atoms with Crippen molar-refractivity contribution in [1.29, 1.82) is 0 Å². The molecule has 5 atom stereocenters. The molecule has 1 aliphatic heterocycles. The highest BCUT2D eigenvalue weighted by molar-refractivity contribution is 5.96. The number of nitrogens with one attached hydrogen (secondary N) is 3. The average Bonchev–Trinajstić information content (AvgIpc) is 3.47. The summed E-state index contributed by atoms with van der Waals surface area (Å²) in [6.45, 7) is 15.1. The quantitative estimate of drug-likeness (QED) is 0.171. The molecule has 2 aliphatic carbocycles. The van der Waals surface area contributed by atoms with Crippen LogP contribution in [0.5, 0.6) is 0 Å². The second kappa shape index (κ2) is 12.2. The third-order valence-electron chi connectivity index (χ3n) is 8.17. The van der Waals surface area contributed by atoms with E-state index in [2.05, 4.69) is 22.5 Å². The first-order chi connectivity index (χ1) is 18.5. The van der Waals surface area contributed by atoms with Crippen LogP contribution in [0.4, 0.5) is 4.79 Å². The van der Waals surface area contributed by atoms with Gasteiger partial charge in [0.25, 0.3) is 0 Å². The van der Waals surface area contributed by atoms with Gasteiger partial charge in [0.15, 0.2) is 0 Å². The van der Waals surface area contributed by atoms with Gasteiger partial charge in [0.05, 0.1) is 18.0 Å². The second-order valence-electron chi connectivity index (χ2n) is 13.7. The summed E-state index contributed by atoms with van der Waals surface area (Å²) in [4.78, 5) is 65.5. The van der Waals surface area contributed by atoms with Gasteiger partial charge in [0, 0.05) is 12.1 Å². The highest BCUT2D eigenvalue weighted by atomic mass is 16.5. The first kappa shape index (κ1) is 31.4. The predicted molar refractivity (Wildman–Crippen MR) is 150 cm³/mol. The number of urea groups is 1. The van der Waals surface area contributed by atoms with Gasteiger partial charge in [0.1, 0.15) is 18.7 Å². The van der Waals surface area contributed by atoms with Crippen LogP contribution in [0.15, 0.2) is 12.2 Å². The van der Waals surface area contributed by atoms with Crippen molar-refractivity contribution in [3.05, 3.63) is 12.2 Å². The minimum atomic E-state index is -0.899. The first-order valence-electron chi connectivity index (χ1n) is 14.3. The molecule has 5 N–H and O–H groups in total. The van der Waals surface area contributed by atoms with Gasteiger partial charge in [-0.2, -0.15) is 0 Å². The van der Waals surface area contributed by atoms with E-state index in [4.69, 9.17) is 10.5 Å². The SMILES string of the molecule is C=C(C(N)=O)C(CC1CCC1)NC(=O)C1[C@H]2C[C@H]2CN1C(=O)C(NC(=O)NCCOC(=O)C(C)(C)C)C(C)(C)C. The monoisotopic (exact) mass is 561 g/mol. The second-order valence-corrected chi connectivity index (χ2v) is 13.7. The summed E-state index contributed by atoms with van der Waals surface area (Å²) in [5.74, 6) is -0.992. The van der Waals surface area contributed by atoms with E-state index in [-0.39, 0.29) is 48.3 Å². The van der Waals surface area contributed by atoms with Crippen molar-refractivity contribution in [1.82, 2.24) is 20.9 Å². The third-order valence-corrected chi connectivity index (χ3v) is 8.17. The van der Waals surface area contributed by atoms with Gasteiger partial charge in [-0.3, -0.25) is 19.2 Å². The fourth-order valence-electron chi connectivity index (χ4n) is 5.33. The minimum absolute atomic E-state index is 0.00794. The largest absolute Gasteiger partial charge is 0.463 e. The molecule has 3 aliphatic rings. The fraction of sp³-hybridized carbons (Fsp3) is 0.759. The standard InChI is InChI=1S/C29H47N5O6/c1-16(23(30)35)20(13-17-9-8-10-17)32-24(36)21-19-14-18(19)15-34(21)25(37)22(28(2,3)4)33-27(39)31-11-12-40-26(38)29(5,6)7/h17-22H,1,8-15H2,2-7H3,(H2,30,35)(H,32,36)(H2,31,33,39)/t18-,19-,20?,21?,22?/m0/s1. The molecule has 0 bridgehead atoms. The number of fused-ring (bicyclic) bond motifs is 1. The number of nitrogens with two attached hydrogens (primary N) is 1. The Morgan fingerprint density at radius 1 is 1.05 bits per heavy atom. The van der Waals surface area contributed by atoms with E-state index < -0.39 is 40.9 Å². The molecule has 40 heavy (non-hydrogen) atoms. The lowest BCUT2D eigenvalue weighted by molar-refractivity contribution is -0.152. The van der Waals surface area contributed by atoms with E-state index in [1.807, 2.05) is 20.8 Å². The van der Waals surface area contributed by atoms with Gasteiger partial charge in [-0.05, 0) is 56.8 Å². The Balaban J connectivity index is 1.64. The number of hydrogen-bond acceptors (Lipinski definition) is 6. The number of ether oxygens (including phenoxy) is 1. The van der Waals surface area contributed by atoms with Gasteiger partial charge in [-0.25, -0.2) is 4.79 Å². The molecule has 5 amide bonds. The van der Waals surface area contributed by atoms with E-state index in [9.17, 15) is 24.0 Å². The number of rotatable bonds is 11. The van der Waals surface area contributed by atoms with Crippen LogP contribution in [0, 0.1) is 28.6 Å². The summed E-state index contributed by atoms with van der Waals surface area (Å²) in [6, 6.07) is -2.72. The molecule has 0 spiro atoms. The van der Waals surface area contributed by atoms with Crippen LogP contribution in [0.2, 0.25) is 0 Å². The Morgan fingerprint density at radius 2 is 1.70 bits per heavy atom. The number of carbonyl (C=O) groups is 5. The maximum Gasteiger partial charge on any atom is 0.315 e. The van der Waals surface area contributed by atoms with Crippen LogP contribution in [0.3, 0.4) is 0 Å². The maximum atomic E-state index is 13.8. The molecule has 11 nitrogen and oxygen atoms in total. The molecule has 3 fully saturated rings. The van der Waals surface area contributed by atoms with Gasteiger partial charge >= 0.3 is 12.0 Å². The summed E-state index contributed by atoms with van der Waals surface area (Å²) < 4.78 is 5.18. The first-order valence-corrected chi connectivity index (χ1v) is 14.3. The number of piperidine rings is 1. The molecule has 11 heteroatoms. The Kier molecular flexibility index (Phi) is 9.57. The lowest BCUT2D eigenvalue weighted by Crippen LogP contribution is -2.60. The van der Waals surface area contributed by atoms with Crippen LogP contribution in [0.1, 0.15) is 73.6 Å². The molecule has 0 aromatic heterocycles.